The van der Waals surface area contributed by atoms with Crippen molar-refractivity contribution in [1.29, 1.82) is 0 Å². The highest BCUT2D eigenvalue weighted by Crippen LogP contribution is 2.30. The molecule has 2 nitrogen and oxygen atoms in total. The molecule has 1 atom stereocenters. The van der Waals surface area contributed by atoms with Gasteiger partial charge in [-0.2, -0.15) is 0 Å². The third kappa shape index (κ3) is 2.81. The molecule has 0 heterocycles. The molecule has 2 aliphatic carbocycles. The van der Waals surface area contributed by atoms with E-state index in [1.54, 1.807) is 0 Å². The number of hydrogen-bond acceptors (Lipinski definition) is 2. The minimum atomic E-state index is 0.237. The molecule has 88 valence electrons. The van der Waals surface area contributed by atoms with E-state index in [2.05, 4.69) is 6.08 Å². The van der Waals surface area contributed by atoms with Crippen LogP contribution in [-0.4, -0.2) is 11.6 Å². The summed E-state index contributed by atoms with van der Waals surface area (Å²) in [5.41, 5.74) is 0.979. The van der Waals surface area contributed by atoms with Crippen LogP contribution < -0.4 is 0 Å². The van der Waals surface area contributed by atoms with Crippen molar-refractivity contribution in [2.24, 2.45) is 5.92 Å². The molecule has 0 unspecified atom stereocenters. The zero-order valence-electron chi connectivity index (χ0n) is 9.84. The number of rotatable bonds is 1. The van der Waals surface area contributed by atoms with Gasteiger partial charge in [0.15, 0.2) is 5.78 Å². The predicted molar refractivity (Wildman–Crippen MR) is 63.1 cm³/mol. The molecular formula is C14H20O2. The molecular weight excluding hydrogens is 200 g/mol. The molecule has 0 aliphatic heterocycles. The van der Waals surface area contributed by atoms with E-state index < -0.39 is 0 Å². The summed E-state index contributed by atoms with van der Waals surface area (Å²) < 4.78 is 0. The van der Waals surface area contributed by atoms with Crippen molar-refractivity contribution in [2.75, 3.05) is 0 Å². The van der Waals surface area contributed by atoms with Gasteiger partial charge in [-0.05, 0) is 43.6 Å². The van der Waals surface area contributed by atoms with Crippen LogP contribution >= 0.6 is 0 Å². The van der Waals surface area contributed by atoms with Crippen LogP contribution in [0.5, 0.6) is 0 Å². The van der Waals surface area contributed by atoms with E-state index in [9.17, 15) is 9.59 Å². The average Bonchev–Trinajstić information content (AvgIpc) is 2.58. The average molecular weight is 220 g/mol. The lowest BCUT2D eigenvalue weighted by atomic mass is 9.87. The summed E-state index contributed by atoms with van der Waals surface area (Å²) in [4.78, 5) is 23.5. The molecule has 2 aliphatic rings. The van der Waals surface area contributed by atoms with Gasteiger partial charge < -0.3 is 0 Å². The third-order valence-electron chi connectivity index (χ3n) is 3.72. The Morgan fingerprint density at radius 1 is 1.00 bits per heavy atom. The molecule has 0 aromatic rings. The van der Waals surface area contributed by atoms with Gasteiger partial charge in [0.25, 0.3) is 0 Å². The summed E-state index contributed by atoms with van der Waals surface area (Å²) in [7, 11) is 0. The topological polar surface area (TPSA) is 34.1 Å². The fraction of sp³-hybridized carbons (Fsp3) is 0.714. The Balaban J connectivity index is 2.11. The summed E-state index contributed by atoms with van der Waals surface area (Å²) in [6.07, 6.45) is 10.4. The van der Waals surface area contributed by atoms with Crippen molar-refractivity contribution in [2.45, 2.75) is 57.8 Å². The van der Waals surface area contributed by atoms with E-state index in [0.717, 1.165) is 50.5 Å². The van der Waals surface area contributed by atoms with Crippen LogP contribution in [0, 0.1) is 5.92 Å². The molecule has 2 rings (SSSR count). The van der Waals surface area contributed by atoms with Gasteiger partial charge in [-0.15, -0.1) is 0 Å². The molecule has 0 spiro atoms. The van der Waals surface area contributed by atoms with E-state index in [0.29, 0.717) is 24.4 Å². The van der Waals surface area contributed by atoms with E-state index in [4.69, 9.17) is 0 Å². The first-order valence-electron chi connectivity index (χ1n) is 6.52. The molecule has 2 heteroatoms. The van der Waals surface area contributed by atoms with Gasteiger partial charge in [0.2, 0.25) is 0 Å². The third-order valence-corrected chi connectivity index (χ3v) is 3.72. The Morgan fingerprint density at radius 2 is 1.81 bits per heavy atom. The smallest absolute Gasteiger partial charge is 0.158 e. The first-order valence-corrected chi connectivity index (χ1v) is 6.52. The van der Waals surface area contributed by atoms with Crippen LogP contribution in [0.3, 0.4) is 0 Å². The molecule has 0 radical (unpaired) electrons. The van der Waals surface area contributed by atoms with Gasteiger partial charge in [-0.25, -0.2) is 0 Å². The Hall–Kier alpha value is -0.920. The van der Waals surface area contributed by atoms with Crippen molar-refractivity contribution in [1.82, 2.24) is 0 Å². The highest BCUT2D eigenvalue weighted by molar-refractivity contribution is 5.96. The van der Waals surface area contributed by atoms with Gasteiger partial charge >= 0.3 is 0 Å². The van der Waals surface area contributed by atoms with Crippen LogP contribution in [0.1, 0.15) is 57.8 Å². The second kappa shape index (κ2) is 5.42. The van der Waals surface area contributed by atoms with Crippen LogP contribution in [0.4, 0.5) is 0 Å². The maximum Gasteiger partial charge on any atom is 0.158 e. The summed E-state index contributed by atoms with van der Waals surface area (Å²) in [6, 6.07) is 0. The zero-order chi connectivity index (χ0) is 11.4. The van der Waals surface area contributed by atoms with Gasteiger partial charge in [0.05, 0.1) is 0 Å². The number of allylic oxidation sites excluding steroid dienone is 2. The number of carbonyl (C=O) groups is 2. The van der Waals surface area contributed by atoms with Crippen molar-refractivity contribution in [3.63, 3.8) is 0 Å². The van der Waals surface area contributed by atoms with Gasteiger partial charge in [-0.3, -0.25) is 9.59 Å². The molecule has 16 heavy (non-hydrogen) atoms. The van der Waals surface area contributed by atoms with Crippen LogP contribution in [0.15, 0.2) is 11.6 Å². The minimum Gasteiger partial charge on any atom is -0.300 e. The van der Waals surface area contributed by atoms with Crippen molar-refractivity contribution < 1.29 is 9.59 Å². The molecule has 1 fully saturated rings. The highest BCUT2D eigenvalue weighted by atomic mass is 16.1. The van der Waals surface area contributed by atoms with Crippen LogP contribution in [0.25, 0.3) is 0 Å². The zero-order valence-corrected chi connectivity index (χ0v) is 9.84. The Morgan fingerprint density at radius 3 is 2.69 bits per heavy atom. The molecule has 0 bridgehead atoms. The maximum atomic E-state index is 12.0. The second-order valence-corrected chi connectivity index (χ2v) is 5.01. The van der Waals surface area contributed by atoms with Crippen LogP contribution in [-0.2, 0) is 9.59 Å². The summed E-state index contributed by atoms with van der Waals surface area (Å²) in [5.74, 6) is 0.887. The number of carbonyl (C=O) groups excluding carboxylic acids is 2. The molecule has 0 saturated heterocycles. The minimum absolute atomic E-state index is 0.237. The molecule has 0 N–H and O–H groups in total. The fourth-order valence-corrected chi connectivity index (χ4v) is 2.80. The number of ketones is 2. The van der Waals surface area contributed by atoms with E-state index >= 15 is 0 Å². The van der Waals surface area contributed by atoms with E-state index in [1.807, 2.05) is 0 Å². The van der Waals surface area contributed by atoms with Crippen LogP contribution in [0.2, 0.25) is 0 Å². The van der Waals surface area contributed by atoms with E-state index in [-0.39, 0.29) is 5.92 Å². The highest BCUT2D eigenvalue weighted by Gasteiger charge is 2.25. The van der Waals surface area contributed by atoms with Gasteiger partial charge in [0, 0.05) is 19.3 Å². The first-order chi connectivity index (χ1) is 7.77. The standard InChI is InChI=1S/C14H20O2/c15-12-7-5-4-6-11(10-12)13-8-2-1-3-9-14(13)16/h8,11H,1-7,9-10H2/t11-/m1/s1. The van der Waals surface area contributed by atoms with Crippen molar-refractivity contribution in [3.05, 3.63) is 11.6 Å². The van der Waals surface area contributed by atoms with Gasteiger partial charge in [-0.1, -0.05) is 12.5 Å². The van der Waals surface area contributed by atoms with Crippen molar-refractivity contribution >= 4 is 11.6 Å². The monoisotopic (exact) mass is 220 g/mol. The fourth-order valence-electron chi connectivity index (χ4n) is 2.80. The lowest BCUT2D eigenvalue weighted by Crippen LogP contribution is -2.14. The predicted octanol–water partition coefficient (Wildman–Crippen LogP) is 3.21. The maximum absolute atomic E-state index is 12.0. The Kier molecular flexibility index (Phi) is 3.92. The number of Topliss-reactive ketones (excluding diaryl/α,β-unsaturated/α-hetero) is 2. The Labute approximate surface area is 97.1 Å². The summed E-state index contributed by atoms with van der Waals surface area (Å²) in [6.45, 7) is 0. The SMILES string of the molecule is O=C1CCCC[C@@H](C2=CCCCCC2=O)C1. The van der Waals surface area contributed by atoms with Crippen molar-refractivity contribution in [3.8, 4) is 0 Å². The first kappa shape index (κ1) is 11.6. The summed E-state index contributed by atoms with van der Waals surface area (Å²) >= 11 is 0. The lowest BCUT2D eigenvalue weighted by molar-refractivity contribution is -0.119. The molecule has 1 saturated carbocycles. The summed E-state index contributed by atoms with van der Waals surface area (Å²) in [5, 5.41) is 0. The quantitative estimate of drug-likeness (QED) is 0.636. The lowest BCUT2D eigenvalue weighted by Gasteiger charge is -2.15. The molecule has 0 amide bonds. The van der Waals surface area contributed by atoms with Gasteiger partial charge in [0.1, 0.15) is 5.78 Å². The van der Waals surface area contributed by atoms with E-state index in [1.165, 1.54) is 0 Å². The Bertz CT molecular complexity index is 315. The molecule has 0 aromatic carbocycles. The largest absolute Gasteiger partial charge is 0.300 e. The second-order valence-electron chi connectivity index (χ2n) is 5.01. The normalized spacial score (nSPS) is 28.2. The number of hydrogen-bond donors (Lipinski definition) is 0. The molecule has 0 aromatic heterocycles.